The van der Waals surface area contributed by atoms with Crippen LogP contribution in [0.3, 0.4) is 0 Å². The summed E-state index contributed by atoms with van der Waals surface area (Å²) in [5.41, 5.74) is 5.53. The number of rotatable bonds is 7. The minimum absolute atomic E-state index is 0.172. The van der Waals surface area contributed by atoms with Crippen molar-refractivity contribution in [2.75, 3.05) is 6.54 Å². The monoisotopic (exact) mass is 278 g/mol. The van der Waals surface area contributed by atoms with Crippen LogP contribution in [0.5, 0.6) is 0 Å². The van der Waals surface area contributed by atoms with E-state index in [9.17, 15) is 4.79 Å². The number of carbonyl (C=O) groups is 1. The van der Waals surface area contributed by atoms with E-state index >= 15 is 0 Å². The van der Waals surface area contributed by atoms with Crippen LogP contribution in [0.2, 0.25) is 0 Å². The van der Waals surface area contributed by atoms with E-state index < -0.39 is 0 Å². The molecular weight excluding hydrogens is 252 g/mol. The molecule has 1 amide bonds. The van der Waals surface area contributed by atoms with Crippen LogP contribution in [0.25, 0.3) is 0 Å². The van der Waals surface area contributed by atoms with Gasteiger partial charge < -0.3 is 15.6 Å². The van der Waals surface area contributed by atoms with E-state index in [0.717, 1.165) is 32.1 Å². The average molecular weight is 278 g/mol. The van der Waals surface area contributed by atoms with Crippen LogP contribution in [0.1, 0.15) is 51.5 Å². The van der Waals surface area contributed by atoms with Crippen molar-refractivity contribution in [2.45, 2.75) is 57.5 Å². The molecule has 112 valence electrons. The second-order valence-corrected chi connectivity index (χ2v) is 5.90. The lowest BCUT2D eigenvalue weighted by Crippen LogP contribution is -2.38. The fourth-order valence-corrected chi connectivity index (χ4v) is 3.02. The standard InChI is InChI=1S/C15H26N4O/c1-12(7-8-16)5-6-15(20)18-13-3-2-4-14(13)19-10-9-17-11-19/h9-14H,2-8,16H2,1H3,(H,18,20). The van der Waals surface area contributed by atoms with Crippen LogP contribution in [0.4, 0.5) is 0 Å². The maximum Gasteiger partial charge on any atom is 0.220 e. The first-order chi connectivity index (χ1) is 9.70. The summed E-state index contributed by atoms with van der Waals surface area (Å²) in [5, 5.41) is 3.20. The highest BCUT2D eigenvalue weighted by molar-refractivity contribution is 5.76. The van der Waals surface area contributed by atoms with Crippen LogP contribution in [0.15, 0.2) is 18.7 Å². The van der Waals surface area contributed by atoms with Gasteiger partial charge in [-0.2, -0.15) is 0 Å². The Morgan fingerprint density at radius 2 is 2.35 bits per heavy atom. The molecule has 0 aromatic carbocycles. The third-order valence-electron chi connectivity index (χ3n) is 4.26. The van der Waals surface area contributed by atoms with Gasteiger partial charge in [-0.15, -0.1) is 0 Å². The van der Waals surface area contributed by atoms with Gasteiger partial charge in [-0.05, 0) is 44.6 Å². The second kappa shape index (κ2) is 7.43. The molecule has 1 aromatic heterocycles. The van der Waals surface area contributed by atoms with E-state index in [4.69, 9.17) is 5.73 Å². The quantitative estimate of drug-likeness (QED) is 0.799. The maximum atomic E-state index is 12.1. The van der Waals surface area contributed by atoms with E-state index in [1.807, 2.05) is 12.5 Å². The SMILES string of the molecule is CC(CCN)CCC(=O)NC1CCCC1n1ccnc1. The number of aromatic nitrogens is 2. The Morgan fingerprint density at radius 1 is 1.50 bits per heavy atom. The number of hydrogen-bond acceptors (Lipinski definition) is 3. The summed E-state index contributed by atoms with van der Waals surface area (Å²) in [7, 11) is 0. The maximum absolute atomic E-state index is 12.1. The molecule has 5 heteroatoms. The van der Waals surface area contributed by atoms with E-state index in [-0.39, 0.29) is 11.9 Å². The van der Waals surface area contributed by atoms with E-state index in [2.05, 4.69) is 21.8 Å². The zero-order chi connectivity index (χ0) is 14.4. The first-order valence-corrected chi connectivity index (χ1v) is 7.67. The van der Waals surface area contributed by atoms with Gasteiger partial charge in [-0.3, -0.25) is 4.79 Å². The van der Waals surface area contributed by atoms with Gasteiger partial charge in [-0.25, -0.2) is 4.98 Å². The lowest BCUT2D eigenvalue weighted by Gasteiger charge is -2.22. The molecule has 20 heavy (non-hydrogen) atoms. The molecule has 1 aromatic rings. The number of hydrogen-bond donors (Lipinski definition) is 2. The minimum atomic E-state index is 0.172. The molecule has 1 aliphatic carbocycles. The van der Waals surface area contributed by atoms with Crippen molar-refractivity contribution in [3.8, 4) is 0 Å². The fourth-order valence-electron chi connectivity index (χ4n) is 3.02. The predicted molar refractivity (Wildman–Crippen MR) is 79.1 cm³/mol. The molecule has 3 unspecified atom stereocenters. The highest BCUT2D eigenvalue weighted by atomic mass is 16.1. The van der Waals surface area contributed by atoms with Gasteiger partial charge in [0.1, 0.15) is 0 Å². The largest absolute Gasteiger partial charge is 0.351 e. The van der Waals surface area contributed by atoms with Crippen LogP contribution >= 0.6 is 0 Å². The van der Waals surface area contributed by atoms with Crippen molar-refractivity contribution < 1.29 is 4.79 Å². The molecule has 5 nitrogen and oxygen atoms in total. The summed E-state index contributed by atoms with van der Waals surface area (Å²) in [6.07, 6.45) is 11.5. The number of imidazole rings is 1. The lowest BCUT2D eigenvalue weighted by molar-refractivity contribution is -0.122. The number of nitrogens with two attached hydrogens (primary N) is 1. The van der Waals surface area contributed by atoms with Crippen LogP contribution in [-0.2, 0) is 4.79 Å². The van der Waals surface area contributed by atoms with Gasteiger partial charge in [0.05, 0.1) is 12.4 Å². The van der Waals surface area contributed by atoms with Crippen molar-refractivity contribution >= 4 is 5.91 Å². The van der Waals surface area contributed by atoms with Gasteiger partial charge in [0, 0.05) is 24.9 Å². The molecule has 0 saturated heterocycles. The zero-order valence-corrected chi connectivity index (χ0v) is 12.3. The van der Waals surface area contributed by atoms with Crippen molar-refractivity contribution in [1.82, 2.24) is 14.9 Å². The van der Waals surface area contributed by atoms with E-state index in [1.54, 1.807) is 6.20 Å². The molecule has 0 bridgehead atoms. The Labute approximate surface area is 120 Å². The second-order valence-electron chi connectivity index (χ2n) is 5.90. The molecule has 1 fully saturated rings. The minimum Gasteiger partial charge on any atom is -0.351 e. The zero-order valence-electron chi connectivity index (χ0n) is 12.3. The van der Waals surface area contributed by atoms with Crippen molar-refractivity contribution in [2.24, 2.45) is 11.7 Å². The van der Waals surface area contributed by atoms with Gasteiger partial charge in [0.2, 0.25) is 5.91 Å². The molecule has 3 N–H and O–H groups in total. The lowest BCUT2D eigenvalue weighted by atomic mass is 10.0. The molecule has 1 heterocycles. The van der Waals surface area contributed by atoms with Gasteiger partial charge in [0.15, 0.2) is 0 Å². The predicted octanol–water partition coefficient (Wildman–Crippen LogP) is 1.86. The van der Waals surface area contributed by atoms with Gasteiger partial charge in [-0.1, -0.05) is 6.92 Å². The molecule has 0 spiro atoms. The van der Waals surface area contributed by atoms with Crippen LogP contribution in [-0.4, -0.2) is 28.0 Å². The Morgan fingerprint density at radius 3 is 3.05 bits per heavy atom. The van der Waals surface area contributed by atoms with Crippen LogP contribution in [0, 0.1) is 5.92 Å². The average Bonchev–Trinajstić information content (AvgIpc) is 3.07. The third-order valence-corrected chi connectivity index (χ3v) is 4.26. The van der Waals surface area contributed by atoms with Crippen molar-refractivity contribution in [3.63, 3.8) is 0 Å². The Bertz CT molecular complexity index is 404. The highest BCUT2D eigenvalue weighted by Gasteiger charge is 2.29. The normalized spacial score (nSPS) is 23.7. The highest BCUT2D eigenvalue weighted by Crippen LogP contribution is 2.30. The molecule has 3 atom stereocenters. The first kappa shape index (κ1) is 15.0. The summed E-state index contributed by atoms with van der Waals surface area (Å²) < 4.78 is 2.12. The molecule has 0 radical (unpaired) electrons. The molecule has 1 aliphatic rings. The number of carbonyl (C=O) groups excluding carboxylic acids is 1. The summed E-state index contributed by atoms with van der Waals surface area (Å²) in [4.78, 5) is 16.2. The topological polar surface area (TPSA) is 72.9 Å². The Balaban J connectivity index is 1.78. The van der Waals surface area contributed by atoms with Crippen molar-refractivity contribution in [1.29, 1.82) is 0 Å². The van der Waals surface area contributed by atoms with E-state index in [0.29, 0.717) is 24.9 Å². The number of nitrogens with zero attached hydrogens (tertiary/aromatic N) is 2. The molecule has 1 saturated carbocycles. The van der Waals surface area contributed by atoms with Gasteiger partial charge >= 0.3 is 0 Å². The number of amides is 1. The Hall–Kier alpha value is -1.36. The fraction of sp³-hybridized carbons (Fsp3) is 0.733. The molecule has 2 rings (SSSR count). The molecule has 0 aliphatic heterocycles. The van der Waals surface area contributed by atoms with Crippen molar-refractivity contribution in [3.05, 3.63) is 18.7 Å². The van der Waals surface area contributed by atoms with Crippen LogP contribution < -0.4 is 11.1 Å². The summed E-state index contributed by atoms with van der Waals surface area (Å²) in [6, 6.07) is 0.615. The summed E-state index contributed by atoms with van der Waals surface area (Å²) in [5.74, 6) is 0.699. The summed E-state index contributed by atoms with van der Waals surface area (Å²) in [6.45, 7) is 2.86. The van der Waals surface area contributed by atoms with Gasteiger partial charge in [0.25, 0.3) is 0 Å². The van der Waals surface area contributed by atoms with E-state index in [1.165, 1.54) is 0 Å². The summed E-state index contributed by atoms with van der Waals surface area (Å²) >= 11 is 0. The third kappa shape index (κ3) is 4.07. The first-order valence-electron chi connectivity index (χ1n) is 7.67. The number of nitrogens with one attached hydrogen (secondary N) is 1. The smallest absolute Gasteiger partial charge is 0.220 e. The Kier molecular flexibility index (Phi) is 5.59. The molecular formula is C15H26N4O.